The summed E-state index contributed by atoms with van der Waals surface area (Å²) < 4.78 is 21.2. The van der Waals surface area contributed by atoms with Crippen LogP contribution >= 0.6 is 0 Å². The van der Waals surface area contributed by atoms with E-state index in [0.717, 1.165) is 24.2 Å². The Hall–Kier alpha value is -4.07. The molecule has 0 amide bonds. The Morgan fingerprint density at radius 3 is 2.50 bits per heavy atom. The van der Waals surface area contributed by atoms with E-state index in [2.05, 4.69) is 5.32 Å². The monoisotopic (exact) mass is 512 g/mol. The number of halogens is 1. The van der Waals surface area contributed by atoms with Crippen molar-refractivity contribution in [2.45, 2.75) is 44.1 Å². The third kappa shape index (κ3) is 4.04. The van der Waals surface area contributed by atoms with Gasteiger partial charge in [-0.3, -0.25) is 4.79 Å². The molecule has 6 rings (SSSR count). The number of hydrogen-bond acceptors (Lipinski definition) is 6. The van der Waals surface area contributed by atoms with Gasteiger partial charge < -0.3 is 14.6 Å². The third-order valence-electron chi connectivity index (χ3n) is 8.07. The number of anilines is 1. The van der Waals surface area contributed by atoms with Crippen LogP contribution in [0.15, 0.2) is 59.7 Å². The number of aromatic nitrogens is 3. The Bertz CT molecular complexity index is 1620. The van der Waals surface area contributed by atoms with E-state index < -0.39 is 17.8 Å². The highest BCUT2D eigenvalue weighted by Gasteiger charge is 2.57. The molecule has 38 heavy (non-hydrogen) atoms. The van der Waals surface area contributed by atoms with Crippen LogP contribution in [-0.4, -0.2) is 27.6 Å². The summed E-state index contributed by atoms with van der Waals surface area (Å²) in [5.74, 6) is 0.627. The van der Waals surface area contributed by atoms with Gasteiger partial charge in [-0.15, -0.1) is 0 Å². The number of carbonyl (C=O) groups excluding carboxylic acids is 1. The molecule has 0 aliphatic heterocycles. The van der Waals surface area contributed by atoms with Crippen molar-refractivity contribution in [3.63, 3.8) is 0 Å². The average Bonchev–Trinajstić information content (AvgIpc) is 3.84. The van der Waals surface area contributed by atoms with Crippen LogP contribution in [0.1, 0.15) is 60.4 Å². The second-order valence-corrected chi connectivity index (χ2v) is 10.5. The fourth-order valence-corrected chi connectivity index (χ4v) is 5.65. The highest BCUT2D eigenvalue weighted by Crippen LogP contribution is 2.61. The molecule has 0 spiro atoms. The molecule has 2 aromatic heterocycles. The normalized spacial score (nSPS) is 16.7. The van der Waals surface area contributed by atoms with Gasteiger partial charge in [0.05, 0.1) is 23.8 Å². The number of rotatable bonds is 7. The van der Waals surface area contributed by atoms with E-state index in [1.807, 2.05) is 13.0 Å². The first kappa shape index (κ1) is 24.3. The minimum absolute atomic E-state index is 0.153. The molecule has 2 aromatic carbocycles. The molecule has 2 aliphatic carbocycles. The molecular weight excluding hydrogens is 483 g/mol. The summed E-state index contributed by atoms with van der Waals surface area (Å²) in [5, 5.41) is 4.21. The van der Waals surface area contributed by atoms with E-state index in [-0.39, 0.29) is 16.4 Å². The lowest BCUT2D eigenvalue weighted by atomic mass is 9.97. The quantitative estimate of drug-likeness (QED) is 0.328. The molecular formula is C30H29FN4O3. The SMILES string of the molecule is COC(=O)c1ccccc1N[C@H](C)c1cc(F)cc2c(=O)n(C)c(-c3cnc(C4(C5CC5)CC4)nc3)cc12. The Balaban J connectivity index is 1.41. The Morgan fingerprint density at radius 2 is 1.84 bits per heavy atom. The average molecular weight is 513 g/mol. The van der Waals surface area contributed by atoms with Crippen molar-refractivity contribution in [1.82, 2.24) is 14.5 Å². The molecule has 0 unspecified atom stereocenters. The van der Waals surface area contributed by atoms with Crippen molar-refractivity contribution >= 4 is 22.4 Å². The van der Waals surface area contributed by atoms with Crippen molar-refractivity contribution in [2.75, 3.05) is 12.4 Å². The smallest absolute Gasteiger partial charge is 0.339 e. The predicted octanol–water partition coefficient (Wildman–Crippen LogP) is 5.54. The molecule has 0 saturated heterocycles. The van der Waals surface area contributed by atoms with Gasteiger partial charge in [0, 0.05) is 42.1 Å². The minimum atomic E-state index is -0.505. The number of pyridine rings is 1. The van der Waals surface area contributed by atoms with Crippen LogP contribution in [0.2, 0.25) is 0 Å². The number of nitrogens with one attached hydrogen (secondary N) is 1. The summed E-state index contributed by atoms with van der Waals surface area (Å²) in [4.78, 5) is 35.1. The molecule has 194 valence electrons. The van der Waals surface area contributed by atoms with E-state index in [0.29, 0.717) is 33.8 Å². The molecule has 2 heterocycles. The van der Waals surface area contributed by atoms with E-state index in [1.54, 1.807) is 43.7 Å². The van der Waals surface area contributed by atoms with E-state index >= 15 is 0 Å². The maximum Gasteiger partial charge on any atom is 0.339 e. The van der Waals surface area contributed by atoms with Crippen molar-refractivity contribution in [3.8, 4) is 11.3 Å². The van der Waals surface area contributed by atoms with Crippen LogP contribution < -0.4 is 10.9 Å². The lowest BCUT2D eigenvalue weighted by molar-refractivity contribution is 0.0602. The Morgan fingerprint density at radius 1 is 1.13 bits per heavy atom. The number of carbonyl (C=O) groups is 1. The van der Waals surface area contributed by atoms with Crippen LogP contribution in [0.4, 0.5) is 10.1 Å². The molecule has 2 fully saturated rings. The number of esters is 1. The van der Waals surface area contributed by atoms with E-state index in [4.69, 9.17) is 14.7 Å². The molecule has 7 nitrogen and oxygen atoms in total. The van der Waals surface area contributed by atoms with Gasteiger partial charge in [0.2, 0.25) is 0 Å². The van der Waals surface area contributed by atoms with Gasteiger partial charge in [0.25, 0.3) is 5.56 Å². The molecule has 4 aromatic rings. The van der Waals surface area contributed by atoms with Gasteiger partial charge in [0.15, 0.2) is 0 Å². The summed E-state index contributed by atoms with van der Waals surface area (Å²) >= 11 is 0. The number of benzene rings is 2. The lowest BCUT2D eigenvalue weighted by Gasteiger charge is -2.21. The summed E-state index contributed by atoms with van der Waals surface area (Å²) in [6, 6.07) is 11.1. The molecule has 1 N–H and O–H groups in total. The number of para-hydroxylation sites is 1. The van der Waals surface area contributed by atoms with Crippen molar-refractivity contribution in [3.05, 3.63) is 88.0 Å². The number of ether oxygens (including phenoxy) is 1. The Kier molecular flexibility index (Phi) is 5.78. The first-order valence-electron chi connectivity index (χ1n) is 12.9. The number of methoxy groups -OCH3 is 1. The Labute approximate surface area is 219 Å². The van der Waals surface area contributed by atoms with Gasteiger partial charge in [-0.1, -0.05) is 12.1 Å². The van der Waals surface area contributed by atoms with Crippen molar-refractivity contribution < 1.29 is 13.9 Å². The maximum atomic E-state index is 14.8. The lowest BCUT2D eigenvalue weighted by Crippen LogP contribution is -2.20. The van der Waals surface area contributed by atoms with Crippen LogP contribution in [0.3, 0.4) is 0 Å². The molecule has 0 radical (unpaired) electrons. The zero-order chi connectivity index (χ0) is 26.6. The van der Waals surface area contributed by atoms with Gasteiger partial charge in [0.1, 0.15) is 11.6 Å². The van der Waals surface area contributed by atoms with E-state index in [1.165, 1.54) is 36.7 Å². The van der Waals surface area contributed by atoms with Crippen LogP contribution in [-0.2, 0) is 17.2 Å². The topological polar surface area (TPSA) is 86.1 Å². The van der Waals surface area contributed by atoms with Crippen LogP contribution in [0, 0.1) is 11.7 Å². The molecule has 2 aliphatic rings. The van der Waals surface area contributed by atoms with Crippen LogP contribution in [0.5, 0.6) is 0 Å². The zero-order valence-corrected chi connectivity index (χ0v) is 21.6. The standard InChI is InChI=1S/C30H29FN4O3/c1-17(34-25-7-5-4-6-21(25)28(37)38-3)22-12-20(31)13-24-23(22)14-26(35(2)27(24)36)18-15-32-29(33-16-18)30(10-11-30)19-8-9-19/h4-7,12-17,19,34H,8-11H2,1-3H3/t17-/m1/s1. The van der Waals surface area contributed by atoms with Gasteiger partial charge >= 0.3 is 5.97 Å². The number of hydrogen-bond donors (Lipinski definition) is 1. The fourth-order valence-electron chi connectivity index (χ4n) is 5.65. The molecule has 1 atom stereocenters. The van der Waals surface area contributed by atoms with Gasteiger partial charge in [-0.2, -0.15) is 0 Å². The molecule has 0 bridgehead atoms. The minimum Gasteiger partial charge on any atom is -0.465 e. The van der Waals surface area contributed by atoms with Crippen molar-refractivity contribution in [2.24, 2.45) is 13.0 Å². The fraction of sp³-hybridized carbons (Fsp3) is 0.333. The maximum absolute atomic E-state index is 14.8. The number of fused-ring (bicyclic) bond motifs is 1. The highest BCUT2D eigenvalue weighted by atomic mass is 19.1. The molecule has 2 saturated carbocycles. The third-order valence-corrected chi connectivity index (χ3v) is 8.07. The molecule has 8 heteroatoms. The summed E-state index contributed by atoms with van der Waals surface area (Å²) in [6.07, 6.45) is 8.38. The first-order chi connectivity index (χ1) is 18.3. The zero-order valence-electron chi connectivity index (χ0n) is 21.6. The predicted molar refractivity (Wildman–Crippen MR) is 144 cm³/mol. The van der Waals surface area contributed by atoms with Gasteiger partial charge in [-0.05, 0) is 79.8 Å². The van der Waals surface area contributed by atoms with Crippen LogP contribution in [0.25, 0.3) is 22.0 Å². The second kappa shape index (κ2) is 9.04. The highest BCUT2D eigenvalue weighted by molar-refractivity contribution is 5.96. The number of nitrogens with zero attached hydrogens (tertiary/aromatic N) is 3. The first-order valence-corrected chi connectivity index (χ1v) is 12.9. The van der Waals surface area contributed by atoms with Gasteiger partial charge in [-0.25, -0.2) is 19.2 Å². The van der Waals surface area contributed by atoms with Crippen molar-refractivity contribution in [1.29, 1.82) is 0 Å². The summed E-state index contributed by atoms with van der Waals surface area (Å²) in [5.41, 5.74) is 2.76. The summed E-state index contributed by atoms with van der Waals surface area (Å²) in [7, 11) is 3.00. The van der Waals surface area contributed by atoms with E-state index in [9.17, 15) is 14.0 Å². The largest absolute Gasteiger partial charge is 0.465 e. The summed E-state index contributed by atoms with van der Waals surface area (Å²) in [6.45, 7) is 1.87. The second-order valence-electron chi connectivity index (χ2n) is 10.5.